The van der Waals surface area contributed by atoms with Crippen LogP contribution in [0.3, 0.4) is 0 Å². The van der Waals surface area contributed by atoms with E-state index in [-0.39, 0.29) is 5.91 Å². The summed E-state index contributed by atoms with van der Waals surface area (Å²) in [6, 6.07) is 9.29. The Labute approximate surface area is 162 Å². The fraction of sp³-hybridized carbons (Fsp3) is 0.150. The molecule has 0 radical (unpaired) electrons. The van der Waals surface area contributed by atoms with Crippen LogP contribution in [0.4, 0.5) is 0 Å². The van der Waals surface area contributed by atoms with Gasteiger partial charge in [-0.3, -0.25) is 9.78 Å². The van der Waals surface area contributed by atoms with Gasteiger partial charge in [0.1, 0.15) is 12.0 Å². The van der Waals surface area contributed by atoms with Crippen LogP contribution < -0.4 is 4.68 Å². The van der Waals surface area contributed by atoms with Gasteiger partial charge in [0, 0.05) is 50.6 Å². The summed E-state index contributed by atoms with van der Waals surface area (Å²) in [5.74, 6) is 1.41. The van der Waals surface area contributed by atoms with E-state index in [0.717, 1.165) is 11.4 Å². The van der Waals surface area contributed by atoms with E-state index in [1.165, 1.54) is 0 Å². The second-order valence-corrected chi connectivity index (χ2v) is 6.39. The van der Waals surface area contributed by atoms with Crippen molar-refractivity contribution in [2.75, 3.05) is 0 Å². The number of carbonyl (C=O) groups is 1. The highest BCUT2D eigenvalue weighted by Crippen LogP contribution is 2.13. The van der Waals surface area contributed by atoms with Gasteiger partial charge in [-0.1, -0.05) is 6.07 Å². The van der Waals surface area contributed by atoms with Crippen molar-refractivity contribution < 1.29 is 9.48 Å². The van der Waals surface area contributed by atoms with Gasteiger partial charge in [-0.25, -0.2) is 10.1 Å². The predicted octanol–water partition coefficient (Wildman–Crippen LogP) is 1.66. The standard InChI is InChI=1S/C20H19N7O/c1-25-11-9-22-19(25)15-26(14-16-4-2-7-21-12-16)20(28)17-5-6-18(23-13-17)27-10-3-8-24-27/h2-13H,14-15H2,1H3/p+1. The number of imidazole rings is 1. The fourth-order valence-electron chi connectivity index (χ4n) is 2.91. The zero-order chi connectivity index (χ0) is 19.3. The highest BCUT2D eigenvalue weighted by molar-refractivity contribution is 5.93. The van der Waals surface area contributed by atoms with Crippen LogP contribution in [0, 0.1) is 0 Å². The van der Waals surface area contributed by atoms with Gasteiger partial charge in [0.15, 0.2) is 6.20 Å². The lowest BCUT2D eigenvalue weighted by molar-refractivity contribution is -0.658. The van der Waals surface area contributed by atoms with Gasteiger partial charge in [-0.2, -0.15) is 0 Å². The number of aromatic nitrogens is 6. The second kappa shape index (κ2) is 7.83. The first kappa shape index (κ1) is 17.6. The molecule has 0 aliphatic rings. The van der Waals surface area contributed by atoms with Crippen LogP contribution in [0.2, 0.25) is 0 Å². The molecule has 0 aromatic carbocycles. The molecule has 4 aromatic rings. The van der Waals surface area contributed by atoms with Gasteiger partial charge in [0.05, 0.1) is 12.1 Å². The van der Waals surface area contributed by atoms with Crippen LogP contribution in [-0.4, -0.2) is 35.4 Å². The quantitative estimate of drug-likeness (QED) is 0.520. The van der Waals surface area contributed by atoms with Crippen LogP contribution in [0.1, 0.15) is 21.7 Å². The van der Waals surface area contributed by atoms with E-state index in [0.29, 0.717) is 24.5 Å². The van der Waals surface area contributed by atoms with E-state index in [9.17, 15) is 4.79 Å². The zero-order valence-electron chi connectivity index (χ0n) is 15.4. The summed E-state index contributed by atoms with van der Waals surface area (Å²) in [5.41, 5.74) is 1.48. The van der Waals surface area contributed by atoms with Crippen LogP contribution in [0.25, 0.3) is 5.82 Å². The number of aryl methyl sites for hydroxylation is 1. The van der Waals surface area contributed by atoms with E-state index in [2.05, 4.69) is 20.1 Å². The molecule has 0 fully saturated rings. The lowest BCUT2D eigenvalue weighted by Gasteiger charge is -2.22. The van der Waals surface area contributed by atoms with Crippen molar-refractivity contribution in [1.82, 2.24) is 29.5 Å². The van der Waals surface area contributed by atoms with Crippen molar-refractivity contribution in [2.24, 2.45) is 7.05 Å². The first-order valence-electron chi connectivity index (χ1n) is 8.86. The highest BCUT2D eigenvalue weighted by Gasteiger charge is 2.21. The number of carbonyl (C=O) groups excluding carboxylic acids is 1. The monoisotopic (exact) mass is 374 g/mol. The Kier molecular flexibility index (Phi) is 4.92. The number of hydrogen-bond donors (Lipinski definition) is 1. The number of amides is 1. The van der Waals surface area contributed by atoms with Gasteiger partial charge in [0.25, 0.3) is 5.91 Å². The van der Waals surface area contributed by atoms with E-state index < -0.39 is 0 Å². The number of nitrogens with one attached hydrogen (secondary N) is 1. The average molecular weight is 374 g/mol. The highest BCUT2D eigenvalue weighted by atomic mass is 16.2. The summed E-state index contributed by atoms with van der Waals surface area (Å²) in [5, 5.41) is 3.03. The Morgan fingerprint density at radius 1 is 1.14 bits per heavy atom. The van der Waals surface area contributed by atoms with Crippen molar-refractivity contribution in [3.8, 4) is 5.82 Å². The molecule has 0 saturated carbocycles. The van der Waals surface area contributed by atoms with Gasteiger partial charge >= 0.3 is 5.82 Å². The van der Waals surface area contributed by atoms with Crippen LogP contribution in [0.5, 0.6) is 0 Å². The summed E-state index contributed by atoms with van der Waals surface area (Å²) in [4.78, 5) is 27.8. The molecule has 140 valence electrons. The Hall–Kier alpha value is -3.81. The summed E-state index contributed by atoms with van der Waals surface area (Å²) in [7, 11) is 1.92. The van der Waals surface area contributed by atoms with Gasteiger partial charge in [-0.15, -0.1) is 4.68 Å². The maximum Gasteiger partial charge on any atom is 0.346 e. The molecule has 0 aliphatic heterocycles. The lowest BCUT2D eigenvalue weighted by atomic mass is 10.2. The zero-order valence-corrected chi connectivity index (χ0v) is 15.4. The van der Waals surface area contributed by atoms with Crippen LogP contribution in [0.15, 0.2) is 73.7 Å². The molecule has 0 atom stereocenters. The van der Waals surface area contributed by atoms with Crippen LogP contribution in [-0.2, 0) is 20.1 Å². The third kappa shape index (κ3) is 3.80. The number of pyridine rings is 2. The largest absolute Gasteiger partial charge is 0.346 e. The minimum atomic E-state index is -0.109. The number of rotatable bonds is 6. The predicted molar refractivity (Wildman–Crippen MR) is 101 cm³/mol. The molecule has 28 heavy (non-hydrogen) atoms. The van der Waals surface area contributed by atoms with Gasteiger partial charge < -0.3 is 9.47 Å². The molecule has 8 heteroatoms. The molecule has 4 aromatic heterocycles. The molecule has 1 N–H and O–H groups in total. The molecule has 4 heterocycles. The Bertz CT molecular complexity index is 1040. The van der Waals surface area contributed by atoms with Crippen molar-refractivity contribution >= 4 is 5.91 Å². The Morgan fingerprint density at radius 3 is 2.71 bits per heavy atom. The minimum absolute atomic E-state index is 0.109. The van der Waals surface area contributed by atoms with Crippen molar-refractivity contribution in [1.29, 1.82) is 0 Å². The normalized spacial score (nSPS) is 10.8. The summed E-state index contributed by atoms with van der Waals surface area (Å²) in [6.45, 7) is 0.830. The maximum atomic E-state index is 13.2. The second-order valence-electron chi connectivity index (χ2n) is 6.39. The molecule has 1 amide bonds. The fourth-order valence-corrected chi connectivity index (χ4v) is 2.91. The number of hydrogen-bond acceptors (Lipinski definition) is 4. The lowest BCUT2D eigenvalue weighted by Crippen LogP contribution is -2.34. The molecule has 0 aliphatic carbocycles. The van der Waals surface area contributed by atoms with Crippen molar-refractivity contribution in [3.63, 3.8) is 0 Å². The molecular formula is C20H20N7O+. The molecule has 8 nitrogen and oxygen atoms in total. The van der Waals surface area contributed by atoms with Crippen molar-refractivity contribution in [3.05, 3.63) is 90.7 Å². The first-order valence-corrected chi connectivity index (χ1v) is 8.86. The Morgan fingerprint density at radius 2 is 2.07 bits per heavy atom. The third-order valence-corrected chi connectivity index (χ3v) is 4.42. The summed E-state index contributed by atoms with van der Waals surface area (Å²) in [6.07, 6.45) is 12.3. The molecule has 0 spiro atoms. The topological polar surface area (TPSA) is 83.6 Å². The van der Waals surface area contributed by atoms with Gasteiger partial charge in [0.2, 0.25) is 0 Å². The summed E-state index contributed by atoms with van der Waals surface area (Å²) < 4.78 is 3.68. The van der Waals surface area contributed by atoms with E-state index in [1.807, 2.05) is 54.5 Å². The first-order chi connectivity index (χ1) is 13.7. The maximum absolute atomic E-state index is 13.2. The third-order valence-electron chi connectivity index (χ3n) is 4.42. The SMILES string of the molecule is Cn1ccnc1CN(Cc1cccnc1)C(=O)c1ccc(-[n+]2ccc[nH]2)nc1. The number of H-pyrrole nitrogens is 1. The van der Waals surface area contributed by atoms with E-state index >= 15 is 0 Å². The molecule has 0 saturated heterocycles. The minimum Gasteiger partial charge on any atom is -0.337 e. The van der Waals surface area contributed by atoms with E-state index in [1.54, 1.807) is 40.4 Å². The number of nitrogens with zero attached hydrogens (tertiary/aromatic N) is 6. The van der Waals surface area contributed by atoms with E-state index in [4.69, 9.17) is 0 Å². The smallest absolute Gasteiger partial charge is 0.337 e. The Balaban J connectivity index is 1.59. The van der Waals surface area contributed by atoms with Crippen LogP contribution >= 0.6 is 0 Å². The number of aromatic amines is 1. The van der Waals surface area contributed by atoms with Crippen molar-refractivity contribution in [2.45, 2.75) is 13.1 Å². The summed E-state index contributed by atoms with van der Waals surface area (Å²) >= 11 is 0. The average Bonchev–Trinajstić information content (AvgIpc) is 3.40. The molecule has 0 bridgehead atoms. The van der Waals surface area contributed by atoms with Gasteiger partial charge in [-0.05, 0) is 28.7 Å². The molecule has 4 rings (SSSR count). The molecular weight excluding hydrogens is 354 g/mol. The molecule has 0 unspecified atom stereocenters.